The van der Waals surface area contributed by atoms with E-state index in [1.54, 1.807) is 22.2 Å². The van der Waals surface area contributed by atoms with E-state index in [4.69, 9.17) is 0 Å². The second-order valence-corrected chi connectivity index (χ2v) is 8.01. The molecule has 2 aromatic heterocycles. The van der Waals surface area contributed by atoms with Gasteiger partial charge in [0.2, 0.25) is 0 Å². The van der Waals surface area contributed by atoms with E-state index >= 15 is 0 Å². The Labute approximate surface area is 173 Å². The molecule has 7 heteroatoms. The van der Waals surface area contributed by atoms with Crippen LogP contribution >= 0.6 is 11.3 Å². The van der Waals surface area contributed by atoms with Crippen LogP contribution in [0, 0.1) is 6.92 Å². The lowest BCUT2D eigenvalue weighted by Crippen LogP contribution is -2.31. The van der Waals surface area contributed by atoms with Gasteiger partial charge >= 0.3 is 6.03 Å². The number of ketones is 1. The van der Waals surface area contributed by atoms with Gasteiger partial charge in [0, 0.05) is 38.4 Å². The van der Waals surface area contributed by atoms with E-state index < -0.39 is 0 Å². The Bertz CT molecular complexity index is 1000. The molecule has 0 radical (unpaired) electrons. The van der Waals surface area contributed by atoms with Crippen LogP contribution in [0.4, 0.5) is 9.93 Å². The van der Waals surface area contributed by atoms with Gasteiger partial charge in [-0.25, -0.2) is 9.78 Å². The Morgan fingerprint density at radius 2 is 1.90 bits per heavy atom. The van der Waals surface area contributed by atoms with Gasteiger partial charge in [0.25, 0.3) is 0 Å². The van der Waals surface area contributed by atoms with Crippen LogP contribution in [0.25, 0.3) is 0 Å². The maximum atomic E-state index is 12.8. The van der Waals surface area contributed by atoms with Gasteiger partial charge in [-0.1, -0.05) is 47.7 Å². The van der Waals surface area contributed by atoms with Crippen molar-refractivity contribution in [3.8, 4) is 0 Å². The first-order chi connectivity index (χ1) is 14.1. The molecule has 148 valence electrons. The first-order valence-corrected chi connectivity index (χ1v) is 10.4. The largest absolute Gasteiger partial charge is 0.326 e. The number of thiazole rings is 1. The van der Waals surface area contributed by atoms with E-state index in [1.807, 2.05) is 49.4 Å². The summed E-state index contributed by atoms with van der Waals surface area (Å²) in [6, 6.07) is 13.7. The number of aromatic nitrogens is 2. The molecule has 2 amide bonds. The molecule has 0 spiro atoms. The maximum absolute atomic E-state index is 12.8. The van der Waals surface area contributed by atoms with E-state index in [-0.39, 0.29) is 11.8 Å². The minimum Gasteiger partial charge on any atom is -0.318 e. The molecule has 1 fully saturated rings. The van der Waals surface area contributed by atoms with Crippen LogP contribution in [0.15, 0.2) is 54.9 Å². The summed E-state index contributed by atoms with van der Waals surface area (Å²) in [4.78, 5) is 38.3. The summed E-state index contributed by atoms with van der Waals surface area (Å²) in [5, 5.41) is 0.601. The first kappa shape index (κ1) is 19.3. The zero-order chi connectivity index (χ0) is 20.2. The lowest BCUT2D eigenvalue weighted by atomic mass is 10.1. The predicted octanol–water partition coefficient (Wildman–Crippen LogP) is 4.10. The fourth-order valence-corrected chi connectivity index (χ4v) is 4.45. The number of hydrogen-bond acceptors (Lipinski definition) is 5. The van der Waals surface area contributed by atoms with Gasteiger partial charge in [-0.15, -0.1) is 0 Å². The molecule has 1 aromatic carbocycles. The lowest BCUT2D eigenvalue weighted by molar-refractivity contribution is 0.0986. The van der Waals surface area contributed by atoms with Crippen LogP contribution in [0.3, 0.4) is 0 Å². The van der Waals surface area contributed by atoms with E-state index in [1.165, 1.54) is 11.3 Å². The van der Waals surface area contributed by atoms with Gasteiger partial charge < -0.3 is 4.90 Å². The predicted molar refractivity (Wildman–Crippen MR) is 113 cm³/mol. The zero-order valence-electron chi connectivity index (χ0n) is 16.2. The second kappa shape index (κ2) is 8.53. The Kier molecular flexibility index (Phi) is 5.67. The van der Waals surface area contributed by atoms with E-state index in [9.17, 15) is 9.59 Å². The summed E-state index contributed by atoms with van der Waals surface area (Å²) in [5.41, 5.74) is 2.83. The molecule has 0 aliphatic carbocycles. The Balaban J connectivity index is 1.42. The molecule has 0 unspecified atom stereocenters. The number of nitrogens with zero attached hydrogens (tertiary/aromatic N) is 4. The third kappa shape index (κ3) is 4.35. The highest BCUT2D eigenvalue weighted by molar-refractivity contribution is 7.17. The third-order valence-corrected chi connectivity index (χ3v) is 6.17. The van der Waals surface area contributed by atoms with Gasteiger partial charge in [0.15, 0.2) is 10.9 Å². The number of urea groups is 1. The Hall–Kier alpha value is -3.06. The van der Waals surface area contributed by atoms with Crippen molar-refractivity contribution in [3.63, 3.8) is 0 Å². The van der Waals surface area contributed by atoms with E-state index in [0.717, 1.165) is 11.1 Å². The monoisotopic (exact) mass is 406 g/mol. The SMILES string of the molecule is Cc1nc(N2CCN(Cc3cccnc3)C2=O)sc1C(=O)CCc1ccccc1. The molecule has 0 N–H and O–H groups in total. The van der Waals surface area contributed by atoms with Crippen molar-refractivity contribution in [3.05, 3.63) is 76.6 Å². The van der Waals surface area contributed by atoms with Crippen molar-refractivity contribution in [2.24, 2.45) is 0 Å². The van der Waals surface area contributed by atoms with Crippen LogP contribution in [-0.4, -0.2) is 39.8 Å². The average molecular weight is 407 g/mol. The first-order valence-electron chi connectivity index (χ1n) is 9.61. The number of amides is 2. The van der Waals surface area contributed by atoms with Crippen molar-refractivity contribution in [2.45, 2.75) is 26.3 Å². The quantitative estimate of drug-likeness (QED) is 0.554. The van der Waals surface area contributed by atoms with Crippen LogP contribution in [0.5, 0.6) is 0 Å². The van der Waals surface area contributed by atoms with Crippen LogP contribution < -0.4 is 4.90 Å². The van der Waals surface area contributed by atoms with Gasteiger partial charge in [0.1, 0.15) is 0 Å². The van der Waals surface area contributed by atoms with Crippen molar-refractivity contribution >= 4 is 28.3 Å². The molecule has 29 heavy (non-hydrogen) atoms. The third-order valence-electron chi connectivity index (χ3n) is 4.94. The number of carbonyl (C=O) groups is 2. The average Bonchev–Trinajstić information content (AvgIpc) is 3.30. The van der Waals surface area contributed by atoms with Crippen molar-refractivity contribution in [2.75, 3.05) is 18.0 Å². The van der Waals surface area contributed by atoms with E-state index in [2.05, 4.69) is 9.97 Å². The van der Waals surface area contributed by atoms with Gasteiger partial charge in [0.05, 0.1) is 10.6 Å². The molecular weight excluding hydrogens is 384 g/mol. The van der Waals surface area contributed by atoms with Crippen LogP contribution in [0.2, 0.25) is 0 Å². The van der Waals surface area contributed by atoms with Gasteiger partial charge in [-0.3, -0.25) is 14.7 Å². The summed E-state index contributed by atoms with van der Waals surface area (Å²) in [6.07, 6.45) is 4.63. The molecule has 1 aliphatic rings. The minimum absolute atomic E-state index is 0.0777. The molecular formula is C22H22N4O2S. The number of benzene rings is 1. The summed E-state index contributed by atoms with van der Waals surface area (Å²) < 4.78 is 0. The van der Waals surface area contributed by atoms with Crippen LogP contribution in [-0.2, 0) is 13.0 Å². The van der Waals surface area contributed by atoms with E-state index in [0.29, 0.717) is 48.2 Å². The number of carbonyl (C=O) groups excluding carboxylic acids is 2. The minimum atomic E-state index is -0.0779. The normalized spacial score (nSPS) is 13.9. The molecule has 3 aromatic rings. The highest BCUT2D eigenvalue weighted by atomic mass is 32.1. The standard InChI is InChI=1S/C22H22N4O2S/c1-16-20(19(27)10-9-17-6-3-2-4-7-17)29-21(24-16)26-13-12-25(22(26)28)15-18-8-5-11-23-14-18/h2-8,11,14H,9-10,12-13,15H2,1H3. The topological polar surface area (TPSA) is 66.4 Å². The summed E-state index contributed by atoms with van der Waals surface area (Å²) in [6.45, 7) is 3.56. The molecule has 0 atom stereocenters. The fourth-order valence-electron chi connectivity index (χ4n) is 3.39. The van der Waals surface area contributed by atoms with Crippen molar-refractivity contribution in [1.82, 2.24) is 14.9 Å². The van der Waals surface area contributed by atoms with Gasteiger partial charge in [-0.2, -0.15) is 0 Å². The molecule has 3 heterocycles. The number of hydrogen-bond donors (Lipinski definition) is 0. The number of aryl methyl sites for hydroxylation is 2. The molecule has 6 nitrogen and oxygen atoms in total. The van der Waals surface area contributed by atoms with Crippen molar-refractivity contribution < 1.29 is 9.59 Å². The number of anilines is 1. The highest BCUT2D eigenvalue weighted by Gasteiger charge is 2.32. The zero-order valence-corrected chi connectivity index (χ0v) is 17.1. The van der Waals surface area contributed by atoms with Gasteiger partial charge in [-0.05, 0) is 30.5 Å². The molecule has 1 aliphatic heterocycles. The molecule has 0 bridgehead atoms. The van der Waals surface area contributed by atoms with Crippen LogP contribution in [0.1, 0.15) is 32.9 Å². The summed E-state index contributed by atoms with van der Waals surface area (Å²) >= 11 is 1.32. The maximum Gasteiger partial charge on any atom is 0.326 e. The number of Topliss-reactive ketones (excluding diaryl/α,β-unsaturated/α-hetero) is 1. The number of pyridine rings is 1. The second-order valence-electron chi connectivity index (χ2n) is 7.04. The lowest BCUT2D eigenvalue weighted by Gasteiger charge is -2.16. The smallest absolute Gasteiger partial charge is 0.318 e. The molecule has 4 rings (SSSR count). The number of rotatable bonds is 7. The fraction of sp³-hybridized carbons (Fsp3) is 0.273. The summed E-state index contributed by atoms with van der Waals surface area (Å²) in [7, 11) is 0. The summed E-state index contributed by atoms with van der Waals surface area (Å²) in [5.74, 6) is 0.0777. The molecule has 0 saturated carbocycles. The molecule has 1 saturated heterocycles. The highest BCUT2D eigenvalue weighted by Crippen LogP contribution is 2.30. The Morgan fingerprint density at radius 1 is 1.10 bits per heavy atom. The Morgan fingerprint density at radius 3 is 2.66 bits per heavy atom. The van der Waals surface area contributed by atoms with Crippen molar-refractivity contribution in [1.29, 1.82) is 0 Å².